The van der Waals surface area contributed by atoms with Crippen LogP contribution in [0.1, 0.15) is 31.0 Å². The van der Waals surface area contributed by atoms with Crippen LogP contribution in [0, 0.1) is 5.92 Å². The minimum Gasteiger partial charge on any atom is -0.374 e. The Kier molecular flexibility index (Phi) is 3.89. The van der Waals surface area contributed by atoms with Crippen LogP contribution in [0.25, 0.3) is 0 Å². The maximum Gasteiger partial charge on any atom is 0.0915 e. The Morgan fingerprint density at radius 1 is 1.61 bits per heavy atom. The summed E-state index contributed by atoms with van der Waals surface area (Å²) in [7, 11) is 2.02. The van der Waals surface area contributed by atoms with Gasteiger partial charge in [0.2, 0.25) is 0 Å². The molecule has 100 valence electrons. The first-order valence-corrected chi connectivity index (χ1v) is 8.38. The highest BCUT2D eigenvalue weighted by molar-refractivity contribution is 7.99. The van der Waals surface area contributed by atoms with Gasteiger partial charge in [-0.25, -0.2) is 0 Å². The number of hydrogen-bond donors (Lipinski definition) is 1. The largest absolute Gasteiger partial charge is 0.374 e. The molecule has 0 amide bonds. The summed E-state index contributed by atoms with van der Waals surface area (Å²) < 4.78 is 14.6. The van der Waals surface area contributed by atoms with E-state index in [2.05, 4.69) is 14.1 Å². The highest BCUT2D eigenvalue weighted by Crippen LogP contribution is 2.43. The van der Waals surface area contributed by atoms with E-state index in [1.54, 1.807) is 0 Å². The van der Waals surface area contributed by atoms with Crippen molar-refractivity contribution < 1.29 is 4.74 Å². The maximum absolute atomic E-state index is 6.09. The van der Waals surface area contributed by atoms with Crippen LogP contribution in [0.5, 0.6) is 0 Å². The third kappa shape index (κ3) is 2.43. The van der Waals surface area contributed by atoms with Gasteiger partial charge in [0.05, 0.1) is 35.3 Å². The van der Waals surface area contributed by atoms with Crippen LogP contribution in [0.4, 0.5) is 0 Å². The van der Waals surface area contributed by atoms with Crippen molar-refractivity contribution in [2.24, 2.45) is 5.92 Å². The van der Waals surface area contributed by atoms with Gasteiger partial charge >= 0.3 is 0 Å². The number of hydrogen-bond acceptors (Lipinski definition) is 6. The first kappa shape index (κ1) is 12.8. The van der Waals surface area contributed by atoms with Gasteiger partial charge in [0.25, 0.3) is 0 Å². The molecule has 2 aliphatic rings. The molecule has 3 heterocycles. The van der Waals surface area contributed by atoms with E-state index in [0.29, 0.717) is 12.0 Å². The molecule has 2 aliphatic heterocycles. The Morgan fingerprint density at radius 2 is 2.56 bits per heavy atom. The first-order chi connectivity index (χ1) is 8.83. The Morgan fingerprint density at radius 3 is 3.22 bits per heavy atom. The number of nitrogens with zero attached hydrogens (tertiary/aromatic N) is 2. The Balaban J connectivity index is 1.74. The summed E-state index contributed by atoms with van der Waals surface area (Å²) in [4.78, 5) is 0. The smallest absolute Gasteiger partial charge is 0.0915 e. The molecule has 3 unspecified atom stereocenters. The van der Waals surface area contributed by atoms with Gasteiger partial charge in [0.15, 0.2) is 0 Å². The molecule has 1 spiro atoms. The molecule has 3 atom stereocenters. The van der Waals surface area contributed by atoms with E-state index < -0.39 is 0 Å². The summed E-state index contributed by atoms with van der Waals surface area (Å²) in [5, 5.41) is 3.42. The van der Waals surface area contributed by atoms with Gasteiger partial charge in [-0.15, -0.1) is 0 Å². The van der Waals surface area contributed by atoms with Crippen molar-refractivity contribution in [3.8, 4) is 0 Å². The third-order valence-corrected chi connectivity index (χ3v) is 5.79. The van der Waals surface area contributed by atoms with Crippen LogP contribution >= 0.6 is 23.5 Å². The molecule has 4 nitrogen and oxygen atoms in total. The lowest BCUT2D eigenvalue weighted by Crippen LogP contribution is -2.43. The number of thioether (sulfide) groups is 1. The van der Waals surface area contributed by atoms with E-state index >= 15 is 0 Å². The summed E-state index contributed by atoms with van der Waals surface area (Å²) in [6.45, 7) is 0.890. The minimum absolute atomic E-state index is 0.145. The fourth-order valence-electron chi connectivity index (χ4n) is 3.15. The van der Waals surface area contributed by atoms with Crippen molar-refractivity contribution in [2.75, 3.05) is 25.2 Å². The second kappa shape index (κ2) is 5.45. The van der Waals surface area contributed by atoms with Crippen LogP contribution < -0.4 is 5.32 Å². The molecule has 1 aromatic rings. The normalized spacial score (nSPS) is 33.9. The molecule has 6 heteroatoms. The molecule has 18 heavy (non-hydrogen) atoms. The van der Waals surface area contributed by atoms with Crippen LogP contribution in [0.3, 0.4) is 0 Å². The van der Waals surface area contributed by atoms with Crippen LogP contribution in [-0.4, -0.2) is 39.5 Å². The summed E-state index contributed by atoms with van der Waals surface area (Å²) in [5.41, 5.74) is 1.24. The van der Waals surface area contributed by atoms with Gasteiger partial charge in [-0.05, 0) is 38.0 Å². The highest BCUT2D eigenvalue weighted by atomic mass is 32.2. The van der Waals surface area contributed by atoms with Gasteiger partial charge < -0.3 is 10.1 Å². The van der Waals surface area contributed by atoms with E-state index in [-0.39, 0.29) is 5.60 Å². The van der Waals surface area contributed by atoms with Gasteiger partial charge in [0.1, 0.15) is 0 Å². The molecule has 0 aliphatic carbocycles. The van der Waals surface area contributed by atoms with E-state index in [1.807, 2.05) is 25.0 Å². The zero-order chi connectivity index (χ0) is 12.4. The lowest BCUT2D eigenvalue weighted by Gasteiger charge is -2.40. The average Bonchev–Trinajstić information content (AvgIpc) is 3.03. The van der Waals surface area contributed by atoms with Gasteiger partial charge in [-0.2, -0.15) is 20.5 Å². The van der Waals surface area contributed by atoms with Gasteiger partial charge in [0, 0.05) is 12.4 Å². The Hall–Kier alpha value is -0.170. The lowest BCUT2D eigenvalue weighted by molar-refractivity contribution is -0.0852. The molecule has 3 rings (SSSR count). The second-order valence-corrected chi connectivity index (χ2v) is 6.85. The summed E-state index contributed by atoms with van der Waals surface area (Å²) in [6, 6.07) is 0.329. The van der Waals surface area contributed by atoms with Crippen molar-refractivity contribution in [2.45, 2.75) is 30.9 Å². The van der Waals surface area contributed by atoms with E-state index in [4.69, 9.17) is 4.74 Å². The Bertz CT molecular complexity index is 379. The standard InChI is InChI=1S/C12H19N3OS2/c1-13-11(10-7-14-18-15-10)9-2-4-16-12(6-9)3-5-17-8-12/h7,9,11,13H,2-6,8H2,1H3. The Labute approximate surface area is 116 Å². The molecule has 1 aromatic heterocycles. The molecule has 0 aromatic carbocycles. The number of aromatic nitrogens is 2. The summed E-state index contributed by atoms with van der Waals surface area (Å²) in [6.07, 6.45) is 5.38. The molecule has 0 bridgehead atoms. The van der Waals surface area contributed by atoms with Crippen LogP contribution in [0.2, 0.25) is 0 Å². The van der Waals surface area contributed by atoms with E-state index in [0.717, 1.165) is 30.9 Å². The fourth-order valence-corrected chi connectivity index (χ4v) is 4.98. The molecule has 1 N–H and O–H groups in total. The predicted molar refractivity (Wildman–Crippen MR) is 75.1 cm³/mol. The number of nitrogens with one attached hydrogen (secondary N) is 1. The number of rotatable bonds is 3. The first-order valence-electron chi connectivity index (χ1n) is 6.49. The van der Waals surface area contributed by atoms with Gasteiger partial charge in [-0.1, -0.05) is 0 Å². The van der Waals surface area contributed by atoms with Crippen molar-refractivity contribution in [1.82, 2.24) is 14.1 Å². The number of ether oxygens (including phenoxy) is 1. The average molecular weight is 285 g/mol. The minimum atomic E-state index is 0.145. The quantitative estimate of drug-likeness (QED) is 0.921. The lowest BCUT2D eigenvalue weighted by atomic mass is 9.80. The van der Waals surface area contributed by atoms with Crippen molar-refractivity contribution in [1.29, 1.82) is 0 Å². The molecule has 2 fully saturated rings. The topological polar surface area (TPSA) is 47.0 Å². The van der Waals surface area contributed by atoms with Crippen molar-refractivity contribution in [3.63, 3.8) is 0 Å². The predicted octanol–water partition coefficient (Wildman–Crippen LogP) is 2.10. The van der Waals surface area contributed by atoms with Crippen molar-refractivity contribution >= 4 is 23.5 Å². The molecule has 0 saturated carbocycles. The van der Waals surface area contributed by atoms with Crippen LogP contribution in [0.15, 0.2) is 6.20 Å². The van der Waals surface area contributed by atoms with E-state index in [1.165, 1.54) is 23.9 Å². The van der Waals surface area contributed by atoms with Gasteiger partial charge in [-0.3, -0.25) is 0 Å². The maximum atomic E-state index is 6.09. The molecular formula is C12H19N3OS2. The fraction of sp³-hybridized carbons (Fsp3) is 0.833. The van der Waals surface area contributed by atoms with Crippen LogP contribution in [-0.2, 0) is 4.74 Å². The molecule has 2 saturated heterocycles. The van der Waals surface area contributed by atoms with Crippen molar-refractivity contribution in [3.05, 3.63) is 11.9 Å². The zero-order valence-electron chi connectivity index (χ0n) is 10.6. The monoisotopic (exact) mass is 285 g/mol. The molecular weight excluding hydrogens is 266 g/mol. The second-order valence-electron chi connectivity index (χ2n) is 5.19. The molecule has 0 radical (unpaired) electrons. The summed E-state index contributed by atoms with van der Waals surface area (Å²) >= 11 is 3.32. The van der Waals surface area contributed by atoms with E-state index in [9.17, 15) is 0 Å². The highest BCUT2D eigenvalue weighted by Gasteiger charge is 2.42. The zero-order valence-corrected chi connectivity index (χ0v) is 12.2. The summed E-state index contributed by atoms with van der Waals surface area (Å²) in [5.74, 6) is 3.02. The SMILES string of the molecule is CNC(c1cnsn1)C1CCOC2(CCSC2)C1. The third-order valence-electron chi connectivity index (χ3n) is 4.08.